The number of benzene rings is 1. The van der Waals surface area contributed by atoms with Gasteiger partial charge in [0.15, 0.2) is 0 Å². The van der Waals surface area contributed by atoms with Crippen LogP contribution in [0.5, 0.6) is 11.6 Å². The van der Waals surface area contributed by atoms with Crippen molar-refractivity contribution in [2.45, 2.75) is 31.3 Å². The molecule has 0 radical (unpaired) electrons. The van der Waals surface area contributed by atoms with Gasteiger partial charge in [0.1, 0.15) is 11.9 Å². The molecule has 1 atom stereocenters. The van der Waals surface area contributed by atoms with Crippen LogP contribution in [0.15, 0.2) is 41.7 Å². The van der Waals surface area contributed by atoms with Crippen LogP contribution < -0.4 is 9.47 Å². The SMILES string of the molecule is CCOc1ccc(S(=O)(=O)N2CCC(Oc3cnccn3)C2)cc1C. The first-order valence-corrected chi connectivity index (χ1v) is 9.61. The largest absolute Gasteiger partial charge is 0.494 e. The van der Waals surface area contributed by atoms with E-state index in [0.717, 1.165) is 5.56 Å². The predicted octanol–water partition coefficient (Wildman–Crippen LogP) is 2.03. The molecular formula is C17H21N3O4S. The Balaban J connectivity index is 1.72. The van der Waals surface area contributed by atoms with E-state index in [0.29, 0.717) is 37.7 Å². The van der Waals surface area contributed by atoms with E-state index in [1.54, 1.807) is 30.6 Å². The Bertz CT molecular complexity index is 827. The highest BCUT2D eigenvalue weighted by Crippen LogP contribution is 2.27. The summed E-state index contributed by atoms with van der Waals surface area (Å²) in [5, 5.41) is 0. The zero-order valence-electron chi connectivity index (χ0n) is 14.3. The molecule has 25 heavy (non-hydrogen) atoms. The molecule has 1 saturated heterocycles. The average molecular weight is 363 g/mol. The summed E-state index contributed by atoms with van der Waals surface area (Å²) >= 11 is 0. The number of hydrogen-bond acceptors (Lipinski definition) is 6. The van der Waals surface area contributed by atoms with Gasteiger partial charge in [-0.3, -0.25) is 4.98 Å². The lowest BCUT2D eigenvalue weighted by Crippen LogP contribution is -2.31. The molecule has 7 nitrogen and oxygen atoms in total. The number of sulfonamides is 1. The fourth-order valence-electron chi connectivity index (χ4n) is 2.78. The molecule has 2 heterocycles. The Kier molecular flexibility index (Phi) is 5.19. The van der Waals surface area contributed by atoms with Gasteiger partial charge in [-0.15, -0.1) is 0 Å². The van der Waals surface area contributed by atoms with Crippen molar-refractivity contribution in [2.24, 2.45) is 0 Å². The van der Waals surface area contributed by atoms with Gasteiger partial charge in [0.05, 0.1) is 24.2 Å². The fourth-order valence-corrected chi connectivity index (χ4v) is 4.35. The first-order chi connectivity index (χ1) is 12.0. The second kappa shape index (κ2) is 7.37. The van der Waals surface area contributed by atoms with E-state index in [4.69, 9.17) is 9.47 Å². The van der Waals surface area contributed by atoms with Gasteiger partial charge in [-0.1, -0.05) is 0 Å². The summed E-state index contributed by atoms with van der Waals surface area (Å²) < 4.78 is 38.3. The molecule has 1 aliphatic heterocycles. The summed E-state index contributed by atoms with van der Waals surface area (Å²) in [6.07, 6.45) is 5.02. The van der Waals surface area contributed by atoms with Gasteiger partial charge in [-0.25, -0.2) is 13.4 Å². The smallest absolute Gasteiger partial charge is 0.243 e. The van der Waals surface area contributed by atoms with Crippen LogP contribution in [0.1, 0.15) is 18.9 Å². The molecule has 0 bridgehead atoms. The van der Waals surface area contributed by atoms with Crippen molar-refractivity contribution in [2.75, 3.05) is 19.7 Å². The van der Waals surface area contributed by atoms with Crippen LogP contribution in [0.3, 0.4) is 0 Å². The van der Waals surface area contributed by atoms with Crippen LogP contribution in [-0.2, 0) is 10.0 Å². The molecule has 3 rings (SSSR count). The zero-order chi connectivity index (χ0) is 17.9. The lowest BCUT2D eigenvalue weighted by atomic mass is 10.2. The van der Waals surface area contributed by atoms with E-state index in [1.807, 2.05) is 13.8 Å². The Morgan fingerprint density at radius 2 is 2.16 bits per heavy atom. The van der Waals surface area contributed by atoms with Crippen LogP contribution in [0.4, 0.5) is 0 Å². The van der Waals surface area contributed by atoms with E-state index < -0.39 is 10.0 Å². The maximum Gasteiger partial charge on any atom is 0.243 e. The van der Waals surface area contributed by atoms with Crippen LogP contribution in [0, 0.1) is 6.92 Å². The normalized spacial score (nSPS) is 18.2. The summed E-state index contributed by atoms with van der Waals surface area (Å²) in [5.74, 6) is 1.11. The van der Waals surface area contributed by atoms with Gasteiger partial charge < -0.3 is 9.47 Å². The number of nitrogens with zero attached hydrogens (tertiary/aromatic N) is 3. The fraction of sp³-hybridized carbons (Fsp3) is 0.412. The van der Waals surface area contributed by atoms with Crippen LogP contribution in [0.2, 0.25) is 0 Å². The van der Waals surface area contributed by atoms with Gasteiger partial charge in [0.2, 0.25) is 15.9 Å². The molecular weight excluding hydrogens is 342 g/mol. The van der Waals surface area contributed by atoms with Crippen molar-refractivity contribution in [3.05, 3.63) is 42.4 Å². The third kappa shape index (κ3) is 3.91. The highest BCUT2D eigenvalue weighted by molar-refractivity contribution is 7.89. The summed E-state index contributed by atoms with van der Waals surface area (Å²) in [5.41, 5.74) is 0.800. The van der Waals surface area contributed by atoms with E-state index in [2.05, 4.69) is 9.97 Å². The zero-order valence-corrected chi connectivity index (χ0v) is 15.1. The molecule has 1 aromatic heterocycles. The number of rotatable bonds is 6. The molecule has 0 aliphatic carbocycles. The Hall–Kier alpha value is -2.19. The molecule has 1 aromatic carbocycles. The molecule has 0 amide bonds. The molecule has 8 heteroatoms. The molecule has 0 N–H and O–H groups in total. The quantitative estimate of drug-likeness (QED) is 0.781. The topological polar surface area (TPSA) is 81.6 Å². The highest BCUT2D eigenvalue weighted by atomic mass is 32.2. The second-order valence-electron chi connectivity index (χ2n) is 5.80. The van der Waals surface area contributed by atoms with Crippen molar-refractivity contribution in [1.29, 1.82) is 0 Å². The molecule has 2 aromatic rings. The van der Waals surface area contributed by atoms with Crippen molar-refractivity contribution in [3.8, 4) is 11.6 Å². The minimum atomic E-state index is -3.56. The van der Waals surface area contributed by atoms with E-state index in [1.165, 1.54) is 10.5 Å². The minimum Gasteiger partial charge on any atom is -0.494 e. The second-order valence-corrected chi connectivity index (χ2v) is 7.73. The first-order valence-electron chi connectivity index (χ1n) is 8.17. The van der Waals surface area contributed by atoms with Crippen molar-refractivity contribution in [3.63, 3.8) is 0 Å². The average Bonchev–Trinajstić information content (AvgIpc) is 3.07. The predicted molar refractivity (Wildman–Crippen MR) is 92.2 cm³/mol. The third-order valence-corrected chi connectivity index (χ3v) is 5.88. The van der Waals surface area contributed by atoms with Gasteiger partial charge in [0.25, 0.3) is 0 Å². The summed E-state index contributed by atoms with van der Waals surface area (Å²) in [6.45, 7) is 4.99. The molecule has 1 unspecified atom stereocenters. The molecule has 1 fully saturated rings. The van der Waals surface area contributed by atoms with E-state index in [-0.39, 0.29) is 11.0 Å². The van der Waals surface area contributed by atoms with Crippen molar-refractivity contribution < 1.29 is 17.9 Å². The number of aromatic nitrogens is 2. The highest BCUT2D eigenvalue weighted by Gasteiger charge is 2.34. The van der Waals surface area contributed by atoms with Crippen molar-refractivity contribution >= 4 is 10.0 Å². The minimum absolute atomic E-state index is 0.227. The first kappa shape index (κ1) is 17.6. The molecule has 134 valence electrons. The number of aryl methyl sites for hydroxylation is 1. The van der Waals surface area contributed by atoms with Crippen LogP contribution >= 0.6 is 0 Å². The van der Waals surface area contributed by atoms with Crippen LogP contribution in [0.25, 0.3) is 0 Å². The van der Waals surface area contributed by atoms with Gasteiger partial charge in [0, 0.05) is 18.9 Å². The summed E-state index contributed by atoms with van der Waals surface area (Å²) in [7, 11) is -3.56. The summed E-state index contributed by atoms with van der Waals surface area (Å²) in [4.78, 5) is 8.28. The van der Waals surface area contributed by atoms with Crippen molar-refractivity contribution in [1.82, 2.24) is 14.3 Å². The Morgan fingerprint density at radius 3 is 2.84 bits per heavy atom. The molecule has 0 saturated carbocycles. The van der Waals surface area contributed by atoms with Crippen LogP contribution in [-0.4, -0.2) is 48.5 Å². The maximum absolute atomic E-state index is 12.9. The number of hydrogen-bond donors (Lipinski definition) is 0. The molecule has 1 aliphatic rings. The monoisotopic (exact) mass is 363 g/mol. The van der Waals surface area contributed by atoms with Gasteiger partial charge in [-0.2, -0.15) is 4.31 Å². The molecule has 0 spiro atoms. The number of ether oxygens (including phenoxy) is 2. The third-order valence-electron chi connectivity index (χ3n) is 4.02. The standard InChI is InChI=1S/C17H21N3O4S/c1-3-23-16-5-4-15(10-13(16)2)25(21,22)20-9-6-14(12-20)24-17-11-18-7-8-19-17/h4-5,7-8,10-11,14H,3,6,9,12H2,1-2H3. The van der Waals surface area contributed by atoms with Gasteiger partial charge in [-0.05, 0) is 44.0 Å². The lowest BCUT2D eigenvalue weighted by molar-refractivity contribution is 0.206. The Morgan fingerprint density at radius 1 is 1.32 bits per heavy atom. The van der Waals surface area contributed by atoms with E-state index in [9.17, 15) is 8.42 Å². The Labute approximate surface area is 147 Å². The summed E-state index contributed by atoms with van der Waals surface area (Å²) in [6, 6.07) is 4.94. The van der Waals surface area contributed by atoms with Gasteiger partial charge >= 0.3 is 0 Å². The lowest BCUT2D eigenvalue weighted by Gasteiger charge is -2.18. The maximum atomic E-state index is 12.9. The van der Waals surface area contributed by atoms with E-state index >= 15 is 0 Å².